The Morgan fingerprint density at radius 3 is 2.38 bits per heavy atom. The molecule has 0 aliphatic heterocycles. The number of oxazole rings is 1. The Balaban J connectivity index is 2.06. The van der Waals surface area contributed by atoms with E-state index >= 15 is 0 Å². The van der Waals surface area contributed by atoms with E-state index in [1.54, 1.807) is 0 Å². The minimum absolute atomic E-state index is 0.0154. The van der Waals surface area contributed by atoms with Gasteiger partial charge in [-0.2, -0.15) is 13.2 Å². The molecule has 0 atom stereocenters. The number of rotatable bonds is 1. The van der Waals surface area contributed by atoms with Gasteiger partial charge in [0.25, 0.3) is 0 Å². The molecule has 1 aromatic heterocycles. The zero-order chi connectivity index (χ0) is 15.2. The van der Waals surface area contributed by atoms with Crippen LogP contribution in [0.15, 0.2) is 45.3 Å². The van der Waals surface area contributed by atoms with E-state index in [4.69, 9.17) is 4.42 Å². The summed E-state index contributed by atoms with van der Waals surface area (Å²) in [6.07, 6.45) is -4.38. The van der Waals surface area contributed by atoms with Gasteiger partial charge in [0.15, 0.2) is 5.58 Å². The number of hydrogen-bond donors (Lipinski definition) is 1. The number of halogens is 4. The van der Waals surface area contributed by atoms with Gasteiger partial charge in [-0.15, -0.1) is 0 Å². The third-order valence-corrected chi connectivity index (χ3v) is 3.48. The average Bonchev–Trinajstić information content (AvgIpc) is 2.82. The quantitative estimate of drug-likeness (QED) is 0.667. The molecule has 3 rings (SSSR count). The fourth-order valence-electron chi connectivity index (χ4n) is 1.90. The lowest BCUT2D eigenvalue weighted by Gasteiger charge is -2.05. The number of phenols is 1. The van der Waals surface area contributed by atoms with Crippen molar-refractivity contribution in [1.29, 1.82) is 0 Å². The highest BCUT2D eigenvalue weighted by Gasteiger charge is 2.30. The molecule has 0 aliphatic rings. The maximum Gasteiger partial charge on any atom is 0.416 e. The van der Waals surface area contributed by atoms with Crippen LogP contribution in [0.3, 0.4) is 0 Å². The second kappa shape index (κ2) is 4.77. The molecule has 0 saturated heterocycles. The first-order valence-corrected chi connectivity index (χ1v) is 6.60. The van der Waals surface area contributed by atoms with Gasteiger partial charge in [0, 0.05) is 11.6 Å². The van der Waals surface area contributed by atoms with Gasteiger partial charge in [-0.1, -0.05) is 0 Å². The SMILES string of the molecule is Oc1cc(Br)c2oc(-c3ccc(C(F)(F)F)cc3)nc2c1. The molecule has 21 heavy (non-hydrogen) atoms. The smallest absolute Gasteiger partial charge is 0.416 e. The molecule has 3 aromatic rings. The average molecular weight is 358 g/mol. The predicted molar refractivity (Wildman–Crippen MR) is 73.8 cm³/mol. The first-order valence-electron chi connectivity index (χ1n) is 5.81. The monoisotopic (exact) mass is 357 g/mol. The topological polar surface area (TPSA) is 46.3 Å². The van der Waals surface area contributed by atoms with E-state index in [1.165, 1.54) is 24.3 Å². The molecule has 0 amide bonds. The van der Waals surface area contributed by atoms with Crippen LogP contribution in [0.5, 0.6) is 5.75 Å². The minimum Gasteiger partial charge on any atom is -0.508 e. The van der Waals surface area contributed by atoms with Gasteiger partial charge in [-0.25, -0.2) is 4.98 Å². The van der Waals surface area contributed by atoms with Gasteiger partial charge in [0.05, 0.1) is 10.0 Å². The second-order valence-electron chi connectivity index (χ2n) is 4.37. The fraction of sp³-hybridized carbons (Fsp3) is 0.0714. The van der Waals surface area contributed by atoms with Crippen molar-refractivity contribution in [3.8, 4) is 17.2 Å². The predicted octanol–water partition coefficient (Wildman–Crippen LogP) is 4.98. The standard InChI is InChI=1S/C14H7BrF3NO2/c15-10-5-9(20)6-11-12(10)21-13(19-11)7-1-3-8(4-2-7)14(16,17)18/h1-6,20H. The second-order valence-corrected chi connectivity index (χ2v) is 5.22. The van der Waals surface area contributed by atoms with Crippen molar-refractivity contribution >= 4 is 27.0 Å². The number of hydrogen-bond acceptors (Lipinski definition) is 3. The van der Waals surface area contributed by atoms with E-state index < -0.39 is 11.7 Å². The highest BCUT2D eigenvalue weighted by molar-refractivity contribution is 9.10. The van der Waals surface area contributed by atoms with Crippen LogP contribution in [0.1, 0.15) is 5.56 Å². The lowest BCUT2D eigenvalue weighted by Crippen LogP contribution is -2.03. The summed E-state index contributed by atoms with van der Waals surface area (Å²) < 4.78 is 43.6. The minimum atomic E-state index is -4.38. The Hall–Kier alpha value is -2.02. The Morgan fingerprint density at radius 1 is 1.10 bits per heavy atom. The summed E-state index contributed by atoms with van der Waals surface area (Å²) in [6, 6.07) is 7.39. The van der Waals surface area contributed by atoms with E-state index in [1.807, 2.05) is 0 Å². The van der Waals surface area contributed by atoms with Gasteiger partial charge < -0.3 is 9.52 Å². The molecule has 0 fully saturated rings. The highest BCUT2D eigenvalue weighted by atomic mass is 79.9. The third-order valence-electron chi connectivity index (χ3n) is 2.89. The summed E-state index contributed by atoms with van der Waals surface area (Å²) in [4.78, 5) is 4.16. The number of aromatic hydroxyl groups is 1. The number of phenolic OH excluding ortho intramolecular Hbond substituents is 1. The molecule has 0 bridgehead atoms. The lowest BCUT2D eigenvalue weighted by atomic mass is 10.1. The number of aromatic nitrogens is 1. The Labute approximate surface area is 125 Å². The van der Waals surface area contributed by atoms with Crippen LogP contribution in [-0.2, 0) is 6.18 Å². The fourth-order valence-corrected chi connectivity index (χ4v) is 2.42. The first kappa shape index (κ1) is 13.9. The van der Waals surface area contributed by atoms with Crippen molar-refractivity contribution in [2.75, 3.05) is 0 Å². The number of fused-ring (bicyclic) bond motifs is 1. The molecular formula is C14H7BrF3NO2. The van der Waals surface area contributed by atoms with Gasteiger partial charge in [-0.3, -0.25) is 0 Å². The zero-order valence-electron chi connectivity index (χ0n) is 10.3. The van der Waals surface area contributed by atoms with Gasteiger partial charge >= 0.3 is 6.18 Å². The van der Waals surface area contributed by atoms with Gasteiger partial charge in [0.2, 0.25) is 5.89 Å². The zero-order valence-corrected chi connectivity index (χ0v) is 11.9. The molecule has 3 nitrogen and oxygen atoms in total. The van der Waals surface area contributed by atoms with E-state index in [9.17, 15) is 18.3 Å². The van der Waals surface area contributed by atoms with Gasteiger partial charge in [0.1, 0.15) is 11.3 Å². The number of alkyl halides is 3. The molecule has 0 radical (unpaired) electrons. The largest absolute Gasteiger partial charge is 0.508 e. The van der Waals surface area contributed by atoms with Crippen molar-refractivity contribution in [1.82, 2.24) is 4.98 Å². The Morgan fingerprint density at radius 2 is 1.76 bits per heavy atom. The van der Waals surface area contributed by atoms with Crippen molar-refractivity contribution in [3.63, 3.8) is 0 Å². The summed E-state index contributed by atoms with van der Waals surface area (Å²) >= 11 is 3.23. The number of nitrogens with zero attached hydrogens (tertiary/aromatic N) is 1. The highest BCUT2D eigenvalue weighted by Crippen LogP contribution is 2.34. The molecule has 0 spiro atoms. The molecule has 7 heteroatoms. The lowest BCUT2D eigenvalue weighted by molar-refractivity contribution is -0.137. The third kappa shape index (κ3) is 2.61. The summed E-state index contributed by atoms with van der Waals surface area (Å²) in [5.74, 6) is 0.201. The van der Waals surface area contributed by atoms with Crippen LogP contribution < -0.4 is 0 Å². The van der Waals surface area contributed by atoms with Crippen LogP contribution in [0, 0.1) is 0 Å². The normalized spacial score (nSPS) is 12.0. The van der Waals surface area contributed by atoms with E-state index in [2.05, 4.69) is 20.9 Å². The van der Waals surface area contributed by atoms with Crippen molar-refractivity contribution in [2.45, 2.75) is 6.18 Å². The molecule has 1 N–H and O–H groups in total. The van der Waals surface area contributed by atoms with Gasteiger partial charge in [-0.05, 0) is 46.3 Å². The molecule has 0 aliphatic carbocycles. The molecular weight excluding hydrogens is 351 g/mol. The molecule has 1 heterocycles. The van der Waals surface area contributed by atoms with Crippen LogP contribution >= 0.6 is 15.9 Å². The summed E-state index contributed by atoms with van der Waals surface area (Å²) in [5.41, 5.74) is 0.520. The van der Waals surface area contributed by atoms with Crippen molar-refractivity contribution < 1.29 is 22.7 Å². The van der Waals surface area contributed by atoms with E-state index in [0.717, 1.165) is 12.1 Å². The van der Waals surface area contributed by atoms with Crippen molar-refractivity contribution in [2.24, 2.45) is 0 Å². The summed E-state index contributed by atoms with van der Waals surface area (Å²) in [5, 5.41) is 9.48. The molecule has 0 saturated carbocycles. The Kier molecular flexibility index (Phi) is 3.16. The Bertz CT molecular complexity index is 809. The molecule has 2 aromatic carbocycles. The van der Waals surface area contributed by atoms with E-state index in [0.29, 0.717) is 21.1 Å². The maximum atomic E-state index is 12.5. The van der Waals surface area contributed by atoms with Crippen LogP contribution in [-0.4, -0.2) is 10.1 Å². The first-order chi connectivity index (χ1) is 9.84. The van der Waals surface area contributed by atoms with Crippen LogP contribution in [0.25, 0.3) is 22.6 Å². The van der Waals surface area contributed by atoms with E-state index in [-0.39, 0.29) is 11.6 Å². The molecule has 0 unspecified atom stereocenters. The van der Waals surface area contributed by atoms with Crippen LogP contribution in [0.4, 0.5) is 13.2 Å². The van der Waals surface area contributed by atoms with Crippen molar-refractivity contribution in [3.05, 3.63) is 46.4 Å². The summed E-state index contributed by atoms with van der Waals surface area (Å²) in [7, 11) is 0. The number of benzene rings is 2. The maximum absolute atomic E-state index is 12.5. The molecule has 108 valence electrons. The van der Waals surface area contributed by atoms with Crippen LogP contribution in [0.2, 0.25) is 0 Å². The summed E-state index contributed by atoms with van der Waals surface area (Å²) in [6.45, 7) is 0.